The van der Waals surface area contributed by atoms with E-state index in [1.165, 1.54) is 23.9 Å². The normalized spacial score (nSPS) is 11.0. The lowest BCUT2D eigenvalue weighted by Gasteiger charge is -2.04. The number of aromatic nitrogens is 4. The van der Waals surface area contributed by atoms with E-state index in [2.05, 4.69) is 31.2 Å². The number of thioether (sulfide) groups is 1. The van der Waals surface area contributed by atoms with Gasteiger partial charge in [-0.15, -0.1) is 10.2 Å². The van der Waals surface area contributed by atoms with E-state index in [4.69, 9.17) is 0 Å². The van der Waals surface area contributed by atoms with E-state index in [0.29, 0.717) is 22.1 Å². The lowest BCUT2D eigenvalue weighted by atomic mass is 10.1. The Kier molecular flexibility index (Phi) is 4.87. The smallest absolute Gasteiger partial charge is 0.258 e. The predicted molar refractivity (Wildman–Crippen MR) is 107 cm³/mol. The number of hydrogen-bond acceptors (Lipinski definition) is 6. The molecule has 2 heterocycles. The maximum Gasteiger partial charge on any atom is 0.270 e. The molecule has 0 fully saturated rings. The highest BCUT2D eigenvalue weighted by atomic mass is 79.9. The van der Waals surface area contributed by atoms with E-state index < -0.39 is 4.92 Å². The van der Waals surface area contributed by atoms with Crippen molar-refractivity contribution in [2.24, 2.45) is 0 Å². The summed E-state index contributed by atoms with van der Waals surface area (Å²) >= 11 is 4.96. The van der Waals surface area contributed by atoms with Crippen molar-refractivity contribution < 1.29 is 4.92 Å². The number of nitro benzene ring substituents is 1. The van der Waals surface area contributed by atoms with Crippen molar-refractivity contribution >= 4 is 39.0 Å². The molecule has 0 N–H and O–H groups in total. The molecule has 0 saturated heterocycles. The molecule has 7 nitrogen and oxygen atoms in total. The van der Waals surface area contributed by atoms with E-state index in [-0.39, 0.29) is 5.69 Å². The van der Waals surface area contributed by atoms with Crippen LogP contribution < -0.4 is 0 Å². The highest BCUT2D eigenvalue weighted by molar-refractivity contribution is 9.10. The molecular formula is C18H12BrN5O2S. The van der Waals surface area contributed by atoms with Gasteiger partial charge in [-0.2, -0.15) is 9.61 Å². The topological polar surface area (TPSA) is 86.2 Å². The average Bonchev–Trinajstić information content (AvgIpc) is 3.10. The van der Waals surface area contributed by atoms with E-state index in [9.17, 15) is 10.1 Å². The monoisotopic (exact) mass is 441 g/mol. The summed E-state index contributed by atoms with van der Waals surface area (Å²) < 4.78 is 2.70. The van der Waals surface area contributed by atoms with Crippen LogP contribution in [0.2, 0.25) is 0 Å². The minimum Gasteiger partial charge on any atom is -0.258 e. The zero-order valence-electron chi connectivity index (χ0n) is 13.8. The predicted octanol–water partition coefficient (Wildman–Crippen LogP) is 4.75. The number of rotatable bonds is 5. The van der Waals surface area contributed by atoms with Crippen LogP contribution in [-0.4, -0.2) is 24.7 Å². The van der Waals surface area contributed by atoms with Gasteiger partial charge in [0, 0.05) is 27.9 Å². The molecule has 0 aliphatic heterocycles. The Balaban J connectivity index is 1.64. The average molecular weight is 442 g/mol. The van der Waals surface area contributed by atoms with Crippen LogP contribution >= 0.6 is 27.7 Å². The molecule has 4 aromatic rings. The number of non-ortho nitro benzene ring substituents is 1. The molecule has 0 saturated carbocycles. The first-order valence-corrected chi connectivity index (χ1v) is 9.72. The summed E-state index contributed by atoms with van der Waals surface area (Å²) in [6, 6.07) is 18.1. The first-order chi connectivity index (χ1) is 13.1. The number of fused-ring (bicyclic) bond motifs is 1. The summed E-state index contributed by atoms with van der Waals surface area (Å²) in [5, 5.41) is 24.6. The van der Waals surface area contributed by atoms with E-state index in [1.54, 1.807) is 28.8 Å². The van der Waals surface area contributed by atoms with Crippen molar-refractivity contribution in [2.75, 3.05) is 0 Å². The van der Waals surface area contributed by atoms with Crippen molar-refractivity contribution in [3.63, 3.8) is 0 Å². The van der Waals surface area contributed by atoms with Crippen molar-refractivity contribution in [1.29, 1.82) is 0 Å². The fourth-order valence-electron chi connectivity index (χ4n) is 2.52. The van der Waals surface area contributed by atoms with Gasteiger partial charge in [0.15, 0.2) is 5.65 Å². The summed E-state index contributed by atoms with van der Waals surface area (Å²) in [5.74, 6) is 0.733. The van der Waals surface area contributed by atoms with Crippen molar-refractivity contribution in [1.82, 2.24) is 19.8 Å². The van der Waals surface area contributed by atoms with Crippen molar-refractivity contribution in [3.8, 4) is 11.3 Å². The van der Waals surface area contributed by atoms with Gasteiger partial charge in [-0.1, -0.05) is 52.0 Å². The number of halogens is 1. The SMILES string of the molecule is O=[N+]([O-])c1cccc(-c2ccc3nnc(SCc4ccc(Br)cc4)n3n2)c1. The highest BCUT2D eigenvalue weighted by Crippen LogP contribution is 2.25. The number of nitrogens with zero attached hydrogens (tertiary/aromatic N) is 5. The van der Waals surface area contributed by atoms with Gasteiger partial charge in [0.25, 0.3) is 5.69 Å². The third kappa shape index (κ3) is 3.83. The molecule has 0 amide bonds. The molecule has 0 atom stereocenters. The molecule has 0 aliphatic rings. The maximum absolute atomic E-state index is 11.0. The van der Waals surface area contributed by atoms with Crippen molar-refractivity contribution in [3.05, 3.63) is 80.8 Å². The van der Waals surface area contributed by atoms with Gasteiger partial charge in [-0.3, -0.25) is 10.1 Å². The molecule has 2 aromatic heterocycles. The van der Waals surface area contributed by atoms with E-state index >= 15 is 0 Å². The Morgan fingerprint density at radius 1 is 1.07 bits per heavy atom. The fourth-order valence-corrected chi connectivity index (χ4v) is 3.63. The molecular weight excluding hydrogens is 430 g/mol. The second-order valence-electron chi connectivity index (χ2n) is 5.69. The molecule has 0 bridgehead atoms. The van der Waals surface area contributed by atoms with Crippen LogP contribution in [0.25, 0.3) is 16.9 Å². The third-order valence-electron chi connectivity index (χ3n) is 3.87. The van der Waals surface area contributed by atoms with Crippen LogP contribution in [0.15, 0.2) is 70.3 Å². The Labute approximate surface area is 166 Å². The van der Waals surface area contributed by atoms with Crippen LogP contribution in [0, 0.1) is 10.1 Å². The molecule has 0 unspecified atom stereocenters. The third-order valence-corrected chi connectivity index (χ3v) is 5.39. The summed E-state index contributed by atoms with van der Waals surface area (Å²) in [7, 11) is 0. The van der Waals surface area contributed by atoms with Gasteiger partial charge < -0.3 is 0 Å². The lowest BCUT2D eigenvalue weighted by molar-refractivity contribution is -0.384. The largest absolute Gasteiger partial charge is 0.270 e. The summed E-state index contributed by atoms with van der Waals surface area (Å²) in [6.07, 6.45) is 0. The van der Waals surface area contributed by atoms with Gasteiger partial charge in [0.05, 0.1) is 10.6 Å². The first-order valence-electron chi connectivity index (χ1n) is 7.95. The second-order valence-corrected chi connectivity index (χ2v) is 7.55. The molecule has 4 rings (SSSR count). The Hall–Kier alpha value is -2.78. The first kappa shape index (κ1) is 17.6. The highest BCUT2D eigenvalue weighted by Gasteiger charge is 2.12. The number of benzene rings is 2. The van der Waals surface area contributed by atoms with Crippen LogP contribution in [0.4, 0.5) is 5.69 Å². The second kappa shape index (κ2) is 7.45. The standard InChI is InChI=1S/C18H12BrN5O2S/c19-14-6-4-12(5-7-14)11-27-18-21-20-17-9-8-16(22-23(17)18)13-2-1-3-15(10-13)24(25)26/h1-10H,11H2. The van der Waals surface area contributed by atoms with E-state index in [1.807, 2.05) is 24.3 Å². The quantitative estimate of drug-likeness (QED) is 0.252. The molecule has 0 aliphatic carbocycles. The maximum atomic E-state index is 11.0. The van der Waals surface area contributed by atoms with Crippen LogP contribution in [0.3, 0.4) is 0 Å². The number of nitro groups is 1. The molecule has 9 heteroatoms. The Bertz CT molecular complexity index is 1130. The summed E-state index contributed by atoms with van der Waals surface area (Å²) in [4.78, 5) is 10.6. The molecule has 27 heavy (non-hydrogen) atoms. The zero-order chi connectivity index (χ0) is 18.8. The van der Waals surface area contributed by atoms with Crippen LogP contribution in [0.1, 0.15) is 5.56 Å². The van der Waals surface area contributed by atoms with Crippen molar-refractivity contribution in [2.45, 2.75) is 10.9 Å². The van der Waals surface area contributed by atoms with Crippen LogP contribution in [0.5, 0.6) is 0 Å². The Morgan fingerprint density at radius 2 is 1.89 bits per heavy atom. The fraction of sp³-hybridized carbons (Fsp3) is 0.0556. The van der Waals surface area contributed by atoms with Gasteiger partial charge in [0.1, 0.15) is 0 Å². The molecule has 0 spiro atoms. The lowest BCUT2D eigenvalue weighted by Crippen LogP contribution is -1.97. The van der Waals surface area contributed by atoms with Gasteiger partial charge in [-0.05, 0) is 29.8 Å². The minimum atomic E-state index is -0.416. The number of hydrogen-bond donors (Lipinski definition) is 0. The van der Waals surface area contributed by atoms with Gasteiger partial charge in [-0.25, -0.2) is 0 Å². The zero-order valence-corrected chi connectivity index (χ0v) is 16.2. The van der Waals surface area contributed by atoms with E-state index in [0.717, 1.165) is 15.8 Å². The summed E-state index contributed by atoms with van der Waals surface area (Å²) in [6.45, 7) is 0. The summed E-state index contributed by atoms with van der Waals surface area (Å²) in [5.41, 5.74) is 3.11. The Morgan fingerprint density at radius 3 is 2.67 bits per heavy atom. The van der Waals surface area contributed by atoms with Crippen LogP contribution in [-0.2, 0) is 5.75 Å². The molecule has 2 aromatic carbocycles. The van der Waals surface area contributed by atoms with Gasteiger partial charge >= 0.3 is 0 Å². The minimum absolute atomic E-state index is 0.0305. The van der Waals surface area contributed by atoms with Gasteiger partial charge in [0.2, 0.25) is 5.16 Å². The molecule has 134 valence electrons. The molecule has 0 radical (unpaired) electrons.